The Balaban J connectivity index is 1.46. The van der Waals surface area contributed by atoms with Crippen LogP contribution in [0.1, 0.15) is 28.8 Å². The van der Waals surface area contributed by atoms with E-state index in [2.05, 4.69) is 18.0 Å². The number of carbonyl (C=O) groups excluding carboxylic acids is 1. The normalized spacial score (nSPS) is 17.1. The molecule has 1 aromatic heterocycles. The van der Waals surface area contributed by atoms with Crippen LogP contribution in [-0.2, 0) is 0 Å². The number of aryl methyl sites for hydroxylation is 1. The number of rotatable bonds is 4. The first-order chi connectivity index (χ1) is 13.2. The van der Waals surface area contributed by atoms with Gasteiger partial charge in [-0.05, 0) is 48.9 Å². The molecule has 0 N–H and O–H groups in total. The van der Waals surface area contributed by atoms with Crippen molar-refractivity contribution in [3.05, 3.63) is 72.1 Å². The van der Waals surface area contributed by atoms with Crippen molar-refractivity contribution in [2.45, 2.75) is 19.8 Å². The van der Waals surface area contributed by atoms with Gasteiger partial charge in [0.15, 0.2) is 0 Å². The number of para-hydroxylation sites is 1. The van der Waals surface area contributed by atoms with Crippen LogP contribution in [0.4, 0.5) is 0 Å². The van der Waals surface area contributed by atoms with Crippen LogP contribution in [0.2, 0.25) is 0 Å². The summed E-state index contributed by atoms with van der Waals surface area (Å²) in [6, 6.07) is 15.8. The van der Waals surface area contributed by atoms with Crippen molar-refractivity contribution in [1.29, 1.82) is 0 Å². The molecule has 0 radical (unpaired) electrons. The molecule has 1 amide bonds. The molecule has 0 saturated carbocycles. The molecule has 1 fully saturated rings. The first-order valence-electron chi connectivity index (χ1n) is 9.53. The Morgan fingerprint density at radius 2 is 2.07 bits per heavy atom. The predicted octanol–water partition coefficient (Wildman–Crippen LogP) is 4.47. The summed E-state index contributed by atoms with van der Waals surface area (Å²) in [6.07, 6.45) is 5.66. The number of pyridine rings is 1. The number of hydrogen-bond donors (Lipinski definition) is 0. The molecule has 1 atom stereocenters. The third kappa shape index (κ3) is 3.80. The van der Waals surface area contributed by atoms with E-state index in [0.717, 1.165) is 53.6 Å². The minimum Gasteiger partial charge on any atom is -0.493 e. The second-order valence-corrected chi connectivity index (χ2v) is 7.24. The van der Waals surface area contributed by atoms with Gasteiger partial charge >= 0.3 is 0 Å². The lowest BCUT2D eigenvalue weighted by Crippen LogP contribution is -2.41. The lowest BCUT2D eigenvalue weighted by atomic mass is 9.97. The molecule has 4 nitrogen and oxygen atoms in total. The van der Waals surface area contributed by atoms with Crippen LogP contribution >= 0.6 is 0 Å². The minimum atomic E-state index is 0.104. The highest BCUT2D eigenvalue weighted by atomic mass is 16.5. The van der Waals surface area contributed by atoms with Gasteiger partial charge < -0.3 is 9.64 Å². The topological polar surface area (TPSA) is 42.4 Å². The second kappa shape index (κ2) is 7.78. The summed E-state index contributed by atoms with van der Waals surface area (Å²) in [5, 5.41) is 1.97. The number of likely N-dealkylation sites (tertiary alicyclic amines) is 1. The van der Waals surface area contributed by atoms with E-state index in [9.17, 15) is 4.79 Å². The maximum Gasteiger partial charge on any atom is 0.254 e. The molecule has 3 aromatic rings. The van der Waals surface area contributed by atoms with Gasteiger partial charge in [0.25, 0.3) is 5.91 Å². The van der Waals surface area contributed by atoms with E-state index in [1.54, 1.807) is 12.4 Å². The summed E-state index contributed by atoms with van der Waals surface area (Å²) in [5.41, 5.74) is 1.90. The van der Waals surface area contributed by atoms with Crippen LogP contribution in [0.3, 0.4) is 0 Å². The molecule has 0 spiro atoms. The smallest absolute Gasteiger partial charge is 0.254 e. The van der Waals surface area contributed by atoms with E-state index in [4.69, 9.17) is 4.74 Å². The minimum absolute atomic E-state index is 0.104. The Bertz CT molecular complexity index is 949. The van der Waals surface area contributed by atoms with Crippen LogP contribution in [0.5, 0.6) is 5.75 Å². The van der Waals surface area contributed by atoms with Gasteiger partial charge in [0.05, 0.1) is 6.61 Å². The monoisotopic (exact) mass is 360 g/mol. The first kappa shape index (κ1) is 17.5. The SMILES string of the molecule is Cc1ccccc1OCC1CCCN(C(=O)c2cccc3cnccc23)C1. The van der Waals surface area contributed by atoms with Crippen molar-refractivity contribution in [3.63, 3.8) is 0 Å². The van der Waals surface area contributed by atoms with E-state index >= 15 is 0 Å². The first-order valence-corrected chi connectivity index (χ1v) is 9.53. The zero-order chi connectivity index (χ0) is 18.6. The fourth-order valence-corrected chi connectivity index (χ4v) is 3.79. The van der Waals surface area contributed by atoms with Gasteiger partial charge in [0.2, 0.25) is 0 Å². The Kier molecular flexibility index (Phi) is 5.05. The van der Waals surface area contributed by atoms with Gasteiger partial charge in [-0.25, -0.2) is 0 Å². The van der Waals surface area contributed by atoms with Crippen LogP contribution in [0.25, 0.3) is 10.8 Å². The maximum absolute atomic E-state index is 13.2. The van der Waals surface area contributed by atoms with Crippen molar-refractivity contribution in [2.75, 3.05) is 19.7 Å². The standard InChI is InChI=1S/C23H24N2O2/c1-17-6-2-3-10-22(17)27-16-18-7-5-13-25(15-18)23(26)21-9-4-8-19-14-24-12-11-20(19)21/h2-4,6,8-12,14,18H,5,7,13,15-16H2,1H3. The number of nitrogens with zero attached hydrogens (tertiary/aromatic N) is 2. The summed E-state index contributed by atoms with van der Waals surface area (Å²) < 4.78 is 6.03. The molecular formula is C23H24N2O2. The van der Waals surface area contributed by atoms with Crippen LogP contribution in [-0.4, -0.2) is 35.5 Å². The number of amides is 1. The van der Waals surface area contributed by atoms with Gasteiger partial charge in [-0.1, -0.05) is 30.3 Å². The highest BCUT2D eigenvalue weighted by Crippen LogP contribution is 2.24. The lowest BCUT2D eigenvalue weighted by Gasteiger charge is -2.33. The van der Waals surface area contributed by atoms with Crippen molar-refractivity contribution in [1.82, 2.24) is 9.88 Å². The Morgan fingerprint density at radius 1 is 1.19 bits per heavy atom. The number of ether oxygens (including phenoxy) is 1. The van der Waals surface area contributed by atoms with Crippen molar-refractivity contribution in [2.24, 2.45) is 5.92 Å². The zero-order valence-electron chi connectivity index (χ0n) is 15.6. The second-order valence-electron chi connectivity index (χ2n) is 7.24. The molecule has 4 heteroatoms. The average Bonchev–Trinajstić information content (AvgIpc) is 2.72. The molecule has 0 bridgehead atoms. The Hall–Kier alpha value is -2.88. The van der Waals surface area contributed by atoms with Crippen molar-refractivity contribution in [3.8, 4) is 5.75 Å². The average molecular weight is 360 g/mol. The van der Waals surface area contributed by atoms with Gasteiger partial charge in [0, 0.05) is 42.4 Å². The molecule has 0 aliphatic carbocycles. The Labute approximate surface area is 159 Å². The van der Waals surface area contributed by atoms with Gasteiger partial charge in [0.1, 0.15) is 5.75 Å². The molecule has 1 unspecified atom stereocenters. The molecule has 4 rings (SSSR count). The number of carbonyl (C=O) groups is 1. The summed E-state index contributed by atoms with van der Waals surface area (Å²) in [7, 11) is 0. The molecule has 2 aromatic carbocycles. The summed E-state index contributed by atoms with van der Waals surface area (Å²) in [4.78, 5) is 19.3. The highest BCUT2D eigenvalue weighted by molar-refractivity contribution is 6.06. The largest absolute Gasteiger partial charge is 0.493 e. The van der Waals surface area contributed by atoms with Gasteiger partial charge in [-0.3, -0.25) is 9.78 Å². The zero-order valence-corrected chi connectivity index (χ0v) is 15.6. The van der Waals surface area contributed by atoms with Gasteiger partial charge in [-0.2, -0.15) is 0 Å². The van der Waals surface area contributed by atoms with E-state index in [0.29, 0.717) is 12.5 Å². The van der Waals surface area contributed by atoms with Gasteiger partial charge in [-0.15, -0.1) is 0 Å². The van der Waals surface area contributed by atoms with E-state index in [1.807, 2.05) is 47.4 Å². The van der Waals surface area contributed by atoms with E-state index < -0.39 is 0 Å². The van der Waals surface area contributed by atoms with E-state index in [1.165, 1.54) is 0 Å². The van der Waals surface area contributed by atoms with Crippen LogP contribution in [0.15, 0.2) is 60.9 Å². The highest BCUT2D eigenvalue weighted by Gasteiger charge is 2.26. The number of benzene rings is 2. The quantitative estimate of drug-likeness (QED) is 0.689. The van der Waals surface area contributed by atoms with Crippen molar-refractivity contribution >= 4 is 16.7 Å². The van der Waals surface area contributed by atoms with E-state index in [-0.39, 0.29) is 5.91 Å². The number of aromatic nitrogens is 1. The lowest BCUT2D eigenvalue weighted by molar-refractivity contribution is 0.0635. The molecule has 138 valence electrons. The maximum atomic E-state index is 13.2. The molecule has 27 heavy (non-hydrogen) atoms. The number of hydrogen-bond acceptors (Lipinski definition) is 3. The fraction of sp³-hybridized carbons (Fsp3) is 0.304. The van der Waals surface area contributed by atoms with Crippen LogP contribution < -0.4 is 4.74 Å². The number of fused-ring (bicyclic) bond motifs is 1. The molecule has 1 aliphatic rings. The molecule has 1 aliphatic heterocycles. The molecule has 1 saturated heterocycles. The molecular weight excluding hydrogens is 336 g/mol. The van der Waals surface area contributed by atoms with Crippen molar-refractivity contribution < 1.29 is 9.53 Å². The summed E-state index contributed by atoms with van der Waals surface area (Å²) in [6.45, 7) is 4.25. The number of piperidine rings is 1. The fourth-order valence-electron chi connectivity index (χ4n) is 3.79. The third-order valence-electron chi connectivity index (χ3n) is 5.29. The summed E-state index contributed by atoms with van der Waals surface area (Å²) >= 11 is 0. The van der Waals surface area contributed by atoms with Crippen LogP contribution in [0, 0.1) is 12.8 Å². The Morgan fingerprint density at radius 3 is 2.96 bits per heavy atom. The predicted molar refractivity (Wildman–Crippen MR) is 107 cm³/mol. The third-order valence-corrected chi connectivity index (χ3v) is 5.29. The summed E-state index contributed by atoms with van der Waals surface area (Å²) in [5.74, 6) is 1.40. The molecule has 2 heterocycles.